The molecule has 1 N–H and O–H groups in total. The fourth-order valence-electron chi connectivity index (χ4n) is 2.00. The molecule has 0 spiro atoms. The van der Waals surface area contributed by atoms with Crippen molar-refractivity contribution in [3.63, 3.8) is 0 Å². The molecule has 5 nitrogen and oxygen atoms in total. The smallest absolute Gasteiger partial charge is 0.291 e. The summed E-state index contributed by atoms with van der Waals surface area (Å²) in [5, 5.41) is 10.4. The van der Waals surface area contributed by atoms with Gasteiger partial charge in [-0.2, -0.15) is 5.10 Å². The quantitative estimate of drug-likeness (QED) is 0.922. The maximum absolute atomic E-state index is 12.4. The largest absolute Gasteiger partial charge is 0.370 e. The molecule has 3 rings (SSSR count). The van der Waals surface area contributed by atoms with Gasteiger partial charge in [0.1, 0.15) is 10.7 Å². The fraction of sp³-hybridized carbons (Fsp3) is 0.462. The predicted molar refractivity (Wildman–Crippen MR) is 80.4 cm³/mol. The normalized spacial score (nSPS) is 16.1. The number of halogens is 1. The van der Waals surface area contributed by atoms with Crippen LogP contribution in [0, 0.1) is 5.92 Å². The van der Waals surface area contributed by atoms with E-state index < -0.39 is 0 Å². The van der Waals surface area contributed by atoms with E-state index in [9.17, 15) is 4.79 Å². The molecule has 0 amide bonds. The summed E-state index contributed by atoms with van der Waals surface area (Å²) in [7, 11) is 0. The minimum atomic E-state index is -0.159. The molecule has 0 aromatic carbocycles. The lowest BCUT2D eigenvalue weighted by Crippen LogP contribution is -2.27. The van der Waals surface area contributed by atoms with Crippen LogP contribution in [-0.4, -0.2) is 14.8 Å². The van der Waals surface area contributed by atoms with E-state index in [2.05, 4.69) is 15.4 Å². The average molecular weight is 311 g/mol. The molecule has 1 unspecified atom stereocenters. The minimum absolute atomic E-state index is 0.0584. The maximum atomic E-state index is 12.4. The van der Waals surface area contributed by atoms with Gasteiger partial charge in [0.15, 0.2) is 0 Å². The third kappa shape index (κ3) is 2.86. The molecule has 0 aliphatic heterocycles. The lowest BCUT2D eigenvalue weighted by atomic mass is 10.3. The Balaban J connectivity index is 1.85. The SMILES string of the molecule is CC(Nc1c(Cl)cnn(CC2CC2)c1=O)c1nccs1. The number of nitrogens with one attached hydrogen (secondary N) is 1. The zero-order valence-electron chi connectivity index (χ0n) is 11.0. The van der Waals surface area contributed by atoms with Crippen LogP contribution < -0.4 is 10.9 Å². The van der Waals surface area contributed by atoms with Crippen LogP contribution in [0.1, 0.15) is 30.8 Å². The number of nitrogens with zero attached hydrogens (tertiary/aromatic N) is 3. The Bertz CT molecular complexity index is 651. The molecule has 20 heavy (non-hydrogen) atoms. The molecule has 0 radical (unpaired) electrons. The van der Waals surface area contributed by atoms with E-state index in [0.717, 1.165) is 5.01 Å². The lowest BCUT2D eigenvalue weighted by Gasteiger charge is -2.14. The summed E-state index contributed by atoms with van der Waals surface area (Å²) in [5.41, 5.74) is 0.248. The van der Waals surface area contributed by atoms with E-state index >= 15 is 0 Å². The van der Waals surface area contributed by atoms with Gasteiger partial charge in [-0.05, 0) is 25.7 Å². The van der Waals surface area contributed by atoms with Gasteiger partial charge in [0, 0.05) is 18.1 Å². The van der Waals surface area contributed by atoms with E-state index in [1.165, 1.54) is 23.7 Å². The summed E-state index contributed by atoms with van der Waals surface area (Å²) in [5.74, 6) is 0.589. The Morgan fingerprint density at radius 1 is 1.60 bits per heavy atom. The molecule has 0 saturated heterocycles. The molecule has 0 bridgehead atoms. The Morgan fingerprint density at radius 3 is 3.05 bits per heavy atom. The molecule has 1 fully saturated rings. The minimum Gasteiger partial charge on any atom is -0.370 e. The summed E-state index contributed by atoms with van der Waals surface area (Å²) in [4.78, 5) is 16.6. The van der Waals surface area contributed by atoms with Crippen molar-refractivity contribution in [2.45, 2.75) is 32.4 Å². The number of thiazole rings is 1. The van der Waals surface area contributed by atoms with Crippen LogP contribution >= 0.6 is 22.9 Å². The van der Waals surface area contributed by atoms with Crippen LogP contribution in [-0.2, 0) is 6.54 Å². The standard InChI is InChI=1S/C13H15ClN4OS/c1-8(12-15-4-5-20-12)17-11-10(14)6-16-18(13(11)19)7-9-2-3-9/h4-6,8-9,17H,2-3,7H2,1H3. The van der Waals surface area contributed by atoms with Gasteiger partial charge in [-0.3, -0.25) is 4.79 Å². The van der Waals surface area contributed by atoms with Crippen molar-refractivity contribution in [3.05, 3.63) is 38.2 Å². The summed E-state index contributed by atoms with van der Waals surface area (Å²) >= 11 is 7.65. The van der Waals surface area contributed by atoms with Crippen molar-refractivity contribution in [2.24, 2.45) is 5.92 Å². The zero-order valence-corrected chi connectivity index (χ0v) is 12.6. The molecule has 1 aliphatic carbocycles. The van der Waals surface area contributed by atoms with Crippen molar-refractivity contribution in [1.82, 2.24) is 14.8 Å². The first kappa shape index (κ1) is 13.6. The Labute approximate surface area is 125 Å². The predicted octanol–water partition coefficient (Wildman–Crippen LogP) is 2.94. The first-order valence-electron chi connectivity index (χ1n) is 6.56. The Morgan fingerprint density at radius 2 is 2.40 bits per heavy atom. The van der Waals surface area contributed by atoms with Crippen LogP contribution in [0.15, 0.2) is 22.6 Å². The molecule has 1 saturated carbocycles. The van der Waals surface area contributed by atoms with Crippen molar-refractivity contribution < 1.29 is 0 Å². The highest BCUT2D eigenvalue weighted by Crippen LogP contribution is 2.30. The van der Waals surface area contributed by atoms with E-state index in [4.69, 9.17) is 11.6 Å². The Kier molecular flexibility index (Phi) is 3.76. The third-order valence-corrected chi connectivity index (χ3v) is 4.55. The van der Waals surface area contributed by atoms with Gasteiger partial charge in [-0.1, -0.05) is 11.6 Å². The van der Waals surface area contributed by atoms with Crippen LogP contribution in [0.25, 0.3) is 0 Å². The van der Waals surface area contributed by atoms with Gasteiger partial charge >= 0.3 is 0 Å². The maximum Gasteiger partial charge on any atom is 0.291 e. The topological polar surface area (TPSA) is 59.8 Å². The number of hydrogen-bond donors (Lipinski definition) is 1. The number of aromatic nitrogens is 3. The summed E-state index contributed by atoms with van der Waals surface area (Å²) in [6.07, 6.45) is 5.63. The van der Waals surface area contributed by atoms with Gasteiger partial charge in [-0.25, -0.2) is 9.67 Å². The van der Waals surface area contributed by atoms with Crippen molar-refractivity contribution in [1.29, 1.82) is 0 Å². The number of rotatable bonds is 5. The second-order valence-electron chi connectivity index (χ2n) is 5.03. The van der Waals surface area contributed by atoms with Gasteiger partial charge in [0.2, 0.25) is 0 Å². The number of anilines is 1. The zero-order chi connectivity index (χ0) is 14.1. The lowest BCUT2D eigenvalue weighted by molar-refractivity contribution is 0.534. The molecular formula is C13H15ClN4OS. The van der Waals surface area contributed by atoms with E-state index in [1.54, 1.807) is 17.5 Å². The molecule has 1 atom stereocenters. The first-order chi connectivity index (χ1) is 9.65. The van der Waals surface area contributed by atoms with E-state index in [-0.39, 0.29) is 11.6 Å². The second kappa shape index (κ2) is 5.54. The molecule has 106 valence electrons. The van der Waals surface area contributed by atoms with Crippen molar-refractivity contribution in [2.75, 3.05) is 5.32 Å². The average Bonchev–Trinajstić information content (AvgIpc) is 3.07. The monoisotopic (exact) mass is 310 g/mol. The highest BCUT2D eigenvalue weighted by molar-refractivity contribution is 7.09. The summed E-state index contributed by atoms with van der Waals surface area (Å²) < 4.78 is 1.50. The number of hydrogen-bond acceptors (Lipinski definition) is 5. The molecule has 1 aliphatic rings. The highest BCUT2D eigenvalue weighted by atomic mass is 35.5. The fourth-order valence-corrected chi connectivity index (χ4v) is 2.83. The van der Waals surface area contributed by atoms with Crippen LogP contribution in [0.3, 0.4) is 0 Å². The van der Waals surface area contributed by atoms with Gasteiger partial charge in [0.25, 0.3) is 5.56 Å². The van der Waals surface area contributed by atoms with Crippen LogP contribution in [0.2, 0.25) is 5.02 Å². The Hall–Kier alpha value is -1.40. The van der Waals surface area contributed by atoms with Crippen molar-refractivity contribution >= 4 is 28.6 Å². The molecule has 2 aromatic rings. The first-order valence-corrected chi connectivity index (χ1v) is 7.82. The van der Waals surface area contributed by atoms with Gasteiger partial charge in [-0.15, -0.1) is 11.3 Å². The van der Waals surface area contributed by atoms with Crippen LogP contribution in [0.4, 0.5) is 5.69 Å². The molecule has 7 heteroatoms. The van der Waals surface area contributed by atoms with E-state index in [0.29, 0.717) is 23.2 Å². The summed E-state index contributed by atoms with van der Waals surface area (Å²) in [6, 6.07) is -0.0584. The molecule has 2 aromatic heterocycles. The van der Waals surface area contributed by atoms with Gasteiger partial charge in [0.05, 0.1) is 17.3 Å². The van der Waals surface area contributed by atoms with Crippen LogP contribution in [0.5, 0.6) is 0 Å². The van der Waals surface area contributed by atoms with Crippen molar-refractivity contribution in [3.8, 4) is 0 Å². The second-order valence-corrected chi connectivity index (χ2v) is 6.37. The molecule has 2 heterocycles. The highest BCUT2D eigenvalue weighted by Gasteiger charge is 2.24. The third-order valence-electron chi connectivity index (χ3n) is 3.31. The molecular weight excluding hydrogens is 296 g/mol. The summed E-state index contributed by atoms with van der Waals surface area (Å²) in [6.45, 7) is 2.64. The van der Waals surface area contributed by atoms with E-state index in [1.807, 2.05) is 12.3 Å². The van der Waals surface area contributed by atoms with Gasteiger partial charge < -0.3 is 5.32 Å².